The fourth-order valence-electron chi connectivity index (χ4n) is 8.66. The van der Waals surface area contributed by atoms with Crippen molar-refractivity contribution in [2.75, 3.05) is 20.6 Å². The van der Waals surface area contributed by atoms with Crippen LogP contribution in [0, 0.1) is 38.3 Å². The van der Waals surface area contributed by atoms with Crippen molar-refractivity contribution in [3.05, 3.63) is 286 Å². The van der Waals surface area contributed by atoms with Crippen LogP contribution in [0.4, 0.5) is 38.0 Å². The van der Waals surface area contributed by atoms with Gasteiger partial charge in [-0.05, 0) is 65.8 Å². The fourth-order valence-corrected chi connectivity index (χ4v) is 10.7. The van der Waals surface area contributed by atoms with E-state index in [4.69, 9.17) is 128 Å². The lowest BCUT2D eigenvalue weighted by atomic mass is 10.1. The molecule has 37 nitrogen and oxygen atoms in total. The highest BCUT2D eigenvalue weighted by atomic mass is 35.5. The molecule has 122 heavy (non-hydrogen) atoms. The molecule has 12 N–H and O–H groups in total. The topological polar surface area (TPSA) is 494 Å². The van der Waals surface area contributed by atoms with Crippen LogP contribution in [0.2, 0.25) is 8.67 Å². The van der Waals surface area contributed by atoms with Gasteiger partial charge in [0.1, 0.15) is 30.1 Å². The molecule has 0 bridgehead atoms. The number of amidine groups is 2. The summed E-state index contributed by atoms with van der Waals surface area (Å²) in [6.07, 6.45) is -1.27. The van der Waals surface area contributed by atoms with E-state index >= 15 is 0 Å². The number of aromatic nitrogens is 8. The van der Waals surface area contributed by atoms with Crippen LogP contribution in [0.25, 0.3) is 69.8 Å². The Morgan fingerprint density at radius 1 is 0.475 bits per heavy atom. The number of nitrogens with zero attached hydrogens (tertiary/aromatic N) is 16. The van der Waals surface area contributed by atoms with Crippen LogP contribution < -0.4 is 32.7 Å². The third-order valence-electron chi connectivity index (χ3n) is 14.4. The van der Waals surface area contributed by atoms with Crippen LogP contribution >= 0.6 is 57.5 Å². The summed E-state index contributed by atoms with van der Waals surface area (Å²) in [6, 6.07) is 47.6. The van der Waals surface area contributed by atoms with Gasteiger partial charge in [0, 0.05) is 53.0 Å². The van der Waals surface area contributed by atoms with Gasteiger partial charge in [0.05, 0.1) is 70.9 Å². The molecular formula is C80H74Cl3N23O14S2. The standard InChI is InChI=1S/C17H16ClN5O2S.C15H9ClN4O2S.C15H16N4O3.C10H8N4O.C8H5ClN2O.C8H7N3O.C7H13NO4/c1-23(2)15(19)10-3-5-11(6-4-10)16-21-14(25-22-16)9-20-17(24)12-7-8-13(18)26-12;1-17-10-4-2-9(3-5-10)14-19-13(22-20-14)8-18-15(21)11-6-7-12(16)23-11;1-15(2,3)21-14(20)17-9-12-18-13(19-22-12)10-5-7-11(16-4)8-6-10;1-12-8-4-2-7(3-5-8)10-13-9(6-11)15-14-10;2*1-10-7-4-2-6(3-5-7)8(9)11-12;1-7(2,3)12-6(11)8-4-5(9)10/h3-8,19H,9H2,1-2H3,(H,20,24);2-7H,8H2,(H,18,21);5-8H,9H2,1-3H3,(H,17,20);2-5H,6,11H2;2-5,12H;2-5,12H,(H2,9,11);4H2,1-3H3,(H,8,11)(H,9,10)/b;;;;11-8-;;. The number of hydrogen-bond acceptors (Lipinski definition) is 27. The molecule has 6 heterocycles. The number of carboxylic acids is 1. The molecule has 12 aromatic rings. The summed E-state index contributed by atoms with van der Waals surface area (Å²) in [5.41, 5.74) is 17.3. The largest absolute Gasteiger partial charge is 0.480 e. The second kappa shape index (κ2) is 47.8. The van der Waals surface area contributed by atoms with Gasteiger partial charge in [-0.3, -0.25) is 19.8 Å². The molecule has 0 saturated heterocycles. The summed E-state index contributed by atoms with van der Waals surface area (Å²) < 4.78 is 31.2. The van der Waals surface area contributed by atoms with E-state index in [-0.39, 0.29) is 54.9 Å². The zero-order valence-corrected chi connectivity index (χ0v) is 69.7. The Morgan fingerprint density at radius 2 is 0.779 bits per heavy atom. The lowest BCUT2D eigenvalue weighted by molar-refractivity contribution is -0.136. The van der Waals surface area contributed by atoms with E-state index in [0.717, 1.165) is 27.8 Å². The molecule has 6 aromatic carbocycles. The number of amides is 4. The highest BCUT2D eigenvalue weighted by molar-refractivity contribution is 7.18. The van der Waals surface area contributed by atoms with Crippen LogP contribution in [-0.2, 0) is 40.4 Å². The first-order chi connectivity index (χ1) is 58.1. The van der Waals surface area contributed by atoms with Crippen molar-refractivity contribution in [3.8, 4) is 45.6 Å². The lowest BCUT2D eigenvalue weighted by Crippen LogP contribution is -2.35. The number of thiophene rings is 2. The normalized spacial score (nSPS) is 10.5. The molecule has 0 aliphatic heterocycles. The Morgan fingerprint density at radius 3 is 1.07 bits per heavy atom. The highest BCUT2D eigenvalue weighted by Crippen LogP contribution is 2.27. The van der Waals surface area contributed by atoms with Gasteiger partial charge in [0.15, 0.2) is 39.4 Å². The van der Waals surface area contributed by atoms with Gasteiger partial charge < -0.3 is 80.7 Å². The van der Waals surface area contributed by atoms with Crippen molar-refractivity contribution in [2.45, 2.75) is 78.9 Å². The Hall–Kier alpha value is -15.3. The van der Waals surface area contributed by atoms with Gasteiger partial charge in [-0.25, -0.2) is 33.8 Å². The van der Waals surface area contributed by atoms with E-state index in [0.29, 0.717) is 105 Å². The summed E-state index contributed by atoms with van der Waals surface area (Å²) in [5, 5.41) is 63.9. The number of ether oxygens (including phenoxy) is 2. The van der Waals surface area contributed by atoms with Gasteiger partial charge in [-0.15, -0.1) is 22.7 Å². The molecular weight excluding hydrogens is 1680 g/mol. The minimum atomic E-state index is -1.10. The minimum absolute atomic E-state index is 0.0199. The van der Waals surface area contributed by atoms with Crippen molar-refractivity contribution in [2.24, 2.45) is 21.8 Å². The Labute approximate surface area is 720 Å². The third kappa shape index (κ3) is 33.0. The molecule has 0 aliphatic carbocycles. The second-order valence-electron chi connectivity index (χ2n) is 25.9. The van der Waals surface area contributed by atoms with Gasteiger partial charge in [-0.1, -0.05) is 211 Å². The third-order valence-corrected chi connectivity index (χ3v) is 17.1. The van der Waals surface area contributed by atoms with Crippen LogP contribution in [0.15, 0.2) is 198 Å². The number of aliphatic carboxylic acids is 1. The average molecular weight is 1750 g/mol. The highest BCUT2D eigenvalue weighted by Gasteiger charge is 2.20. The van der Waals surface area contributed by atoms with Crippen molar-refractivity contribution in [1.82, 2.24) is 66.7 Å². The number of benzene rings is 6. The Bertz CT molecular complexity index is 5700. The first-order valence-corrected chi connectivity index (χ1v) is 37.8. The average Bonchev–Trinajstić information content (AvgIpc) is 1.67. The van der Waals surface area contributed by atoms with Crippen LogP contribution in [0.5, 0.6) is 0 Å². The van der Waals surface area contributed by atoms with Gasteiger partial charge in [-0.2, -0.15) is 19.9 Å². The SMILES string of the molecule is CC(C)(C)OC(=O)NCC(=O)O.CN(C)C(=N)c1ccc(-c2noc(CNC(=O)c3ccc(Cl)s3)n2)cc1.[C-]#[N+]c1ccc(-c2noc(CN)n2)cc1.[C-]#[N+]c1ccc(-c2noc(CNC(=O)OC(C)(C)C)n2)cc1.[C-]#[N+]c1ccc(-c2noc(CNC(=O)c3ccc(Cl)s3)n2)cc1.[C-]#[N+]c1ccc(/C(Cl)=N/O)cc1.[C-]#[N+]c1ccc(/C(N)=N/O)cc1. The van der Waals surface area contributed by atoms with E-state index in [1.165, 1.54) is 22.7 Å². The Kier molecular flexibility index (Phi) is 37.5. The molecule has 0 fully saturated rings. The van der Waals surface area contributed by atoms with E-state index in [2.05, 4.69) is 96.4 Å². The van der Waals surface area contributed by atoms with Gasteiger partial charge in [0.2, 0.25) is 46.9 Å². The molecule has 0 aliphatic rings. The maximum atomic E-state index is 12.0. The molecule has 0 unspecified atom stereocenters. The van der Waals surface area contributed by atoms with E-state index in [1.54, 1.807) is 192 Å². The van der Waals surface area contributed by atoms with Crippen LogP contribution in [0.1, 0.15) is 101 Å². The van der Waals surface area contributed by atoms with E-state index in [9.17, 15) is 24.0 Å². The van der Waals surface area contributed by atoms with E-state index in [1.807, 2.05) is 38.4 Å². The molecule has 0 radical (unpaired) electrons. The summed E-state index contributed by atoms with van der Waals surface area (Å²) >= 11 is 19.5. The maximum absolute atomic E-state index is 12.0. The number of nitrogens with two attached hydrogens (primary N) is 2. The van der Waals surface area contributed by atoms with Gasteiger partial charge >= 0.3 is 18.2 Å². The predicted octanol–water partition coefficient (Wildman–Crippen LogP) is 16.8. The predicted molar refractivity (Wildman–Crippen MR) is 454 cm³/mol. The number of alkyl carbamates (subject to hydrolysis) is 2. The van der Waals surface area contributed by atoms with Crippen molar-refractivity contribution in [1.29, 1.82) is 5.41 Å². The number of rotatable bonds is 18. The molecule has 626 valence electrons. The van der Waals surface area contributed by atoms with Gasteiger partial charge in [0.25, 0.3) is 11.8 Å². The number of carbonyl (C=O) groups is 5. The molecule has 12 rings (SSSR count). The van der Waals surface area contributed by atoms with Crippen molar-refractivity contribution >= 4 is 133 Å². The molecule has 42 heteroatoms. The number of hydrogen-bond donors (Lipinski definition) is 10. The smallest absolute Gasteiger partial charge is 0.408 e. The fraction of sp³-hybridized carbons (Fsp3) is 0.188. The number of halogens is 3. The summed E-state index contributed by atoms with van der Waals surface area (Å²) in [7, 11) is 3.64. The number of carbonyl (C=O) groups excluding carboxylic acids is 4. The van der Waals surface area contributed by atoms with Crippen molar-refractivity contribution < 1.29 is 67.1 Å². The lowest BCUT2D eigenvalue weighted by Gasteiger charge is -2.19. The summed E-state index contributed by atoms with van der Waals surface area (Å²) in [4.78, 5) is 92.0. The Balaban J connectivity index is 0.000000225. The number of carboxylic acid groups (broad SMARTS) is 1. The zero-order valence-electron chi connectivity index (χ0n) is 65.8. The maximum Gasteiger partial charge on any atom is 0.408 e. The molecule has 0 saturated carbocycles. The van der Waals surface area contributed by atoms with Crippen LogP contribution in [0.3, 0.4) is 0 Å². The molecule has 0 atom stereocenters. The molecule has 0 spiro atoms. The quantitative estimate of drug-likeness (QED) is 0.0125. The molecule has 4 amide bonds. The first-order valence-electron chi connectivity index (χ1n) is 35.0. The van der Waals surface area contributed by atoms with Crippen LogP contribution in [-0.4, -0.2) is 140 Å². The van der Waals surface area contributed by atoms with E-state index < -0.39 is 35.9 Å². The summed E-state index contributed by atoms with van der Waals surface area (Å²) in [5.74, 6) is 1.89. The second-order valence-corrected chi connectivity index (χ2v) is 29.7. The molecule has 6 aromatic heterocycles. The monoisotopic (exact) mass is 1750 g/mol. The first kappa shape index (κ1) is 95.6. The number of nitrogens with one attached hydrogen (secondary N) is 5. The zero-order chi connectivity index (χ0) is 89.5. The number of oxime groups is 2. The summed E-state index contributed by atoms with van der Waals surface area (Å²) in [6.45, 7) is 44.6. The minimum Gasteiger partial charge on any atom is -0.480 e. The van der Waals surface area contributed by atoms with Crippen molar-refractivity contribution in [3.63, 3.8) is 0 Å².